The van der Waals surface area contributed by atoms with Crippen molar-refractivity contribution in [3.63, 3.8) is 0 Å². The molecular weight excluding hydrogens is 314 g/mol. The number of hydrogen-bond donors (Lipinski definition) is 2. The minimum atomic E-state index is -3.33. The second-order valence-electron chi connectivity index (χ2n) is 5.18. The normalized spacial score (nSPS) is 11.1. The molecule has 7 heteroatoms. The average Bonchev–Trinajstić information content (AvgIpc) is 2.49. The summed E-state index contributed by atoms with van der Waals surface area (Å²) < 4.78 is 31.2. The lowest BCUT2D eigenvalue weighted by molar-refractivity contribution is 0.416. The molecule has 0 aliphatic rings. The number of ether oxygens (including phenoxy) is 1. The van der Waals surface area contributed by atoms with E-state index in [1.54, 1.807) is 25.4 Å². The Morgan fingerprint density at radius 2 is 2.00 bits per heavy atom. The van der Waals surface area contributed by atoms with E-state index >= 15 is 0 Å². The van der Waals surface area contributed by atoms with Crippen LogP contribution in [0.4, 0.5) is 17.2 Å². The van der Waals surface area contributed by atoms with E-state index in [9.17, 15) is 8.42 Å². The van der Waals surface area contributed by atoms with Gasteiger partial charge < -0.3 is 10.1 Å². The average molecular weight is 335 g/mol. The molecule has 2 aromatic rings. The van der Waals surface area contributed by atoms with Gasteiger partial charge in [-0.3, -0.25) is 4.72 Å². The maximum Gasteiger partial charge on any atom is 0.233 e. The van der Waals surface area contributed by atoms with Gasteiger partial charge in [0.15, 0.2) is 0 Å². The van der Waals surface area contributed by atoms with E-state index in [2.05, 4.69) is 15.0 Å². The van der Waals surface area contributed by atoms with Crippen LogP contribution in [0.15, 0.2) is 36.5 Å². The highest BCUT2D eigenvalue weighted by Crippen LogP contribution is 2.28. The minimum absolute atomic E-state index is 0.0785. The van der Waals surface area contributed by atoms with Crippen LogP contribution in [-0.2, 0) is 10.0 Å². The summed E-state index contributed by atoms with van der Waals surface area (Å²) in [5.41, 5.74) is 2.67. The Balaban J connectivity index is 2.13. The molecule has 0 aliphatic carbocycles. The first-order valence-corrected chi connectivity index (χ1v) is 8.97. The fourth-order valence-corrected chi connectivity index (χ4v) is 3.16. The summed E-state index contributed by atoms with van der Waals surface area (Å²) in [5.74, 6) is 1.11. The zero-order valence-electron chi connectivity index (χ0n) is 13.5. The molecule has 1 heterocycles. The van der Waals surface area contributed by atoms with Crippen LogP contribution < -0.4 is 14.8 Å². The molecule has 0 fully saturated rings. The Morgan fingerprint density at radius 1 is 1.22 bits per heavy atom. The van der Waals surface area contributed by atoms with Crippen molar-refractivity contribution in [1.29, 1.82) is 0 Å². The van der Waals surface area contributed by atoms with E-state index in [0.29, 0.717) is 12.2 Å². The number of benzene rings is 1. The molecule has 2 N–H and O–H groups in total. The van der Waals surface area contributed by atoms with E-state index < -0.39 is 10.0 Å². The summed E-state index contributed by atoms with van der Waals surface area (Å²) in [6, 6.07) is 9.21. The highest BCUT2D eigenvalue weighted by Gasteiger charge is 2.10. The molecule has 0 spiro atoms. The van der Waals surface area contributed by atoms with Crippen molar-refractivity contribution in [2.45, 2.75) is 20.3 Å². The van der Waals surface area contributed by atoms with Gasteiger partial charge in [0, 0.05) is 0 Å². The van der Waals surface area contributed by atoms with Gasteiger partial charge in [-0.2, -0.15) is 0 Å². The number of rotatable bonds is 7. The first kappa shape index (κ1) is 17.1. The van der Waals surface area contributed by atoms with E-state index in [0.717, 1.165) is 22.7 Å². The lowest BCUT2D eigenvalue weighted by Crippen LogP contribution is -2.16. The minimum Gasteiger partial charge on any atom is -0.495 e. The van der Waals surface area contributed by atoms with Gasteiger partial charge in [0.25, 0.3) is 0 Å². The number of aryl methyl sites for hydroxylation is 1. The summed E-state index contributed by atoms with van der Waals surface area (Å²) >= 11 is 0. The Bertz CT molecular complexity index is 759. The van der Waals surface area contributed by atoms with Crippen LogP contribution in [-0.4, -0.2) is 26.3 Å². The van der Waals surface area contributed by atoms with Crippen LogP contribution in [0.1, 0.15) is 18.9 Å². The van der Waals surface area contributed by atoms with E-state index in [-0.39, 0.29) is 5.75 Å². The van der Waals surface area contributed by atoms with Gasteiger partial charge in [0.05, 0.1) is 30.4 Å². The third-order valence-corrected chi connectivity index (χ3v) is 4.60. The molecule has 0 radical (unpaired) electrons. The van der Waals surface area contributed by atoms with Crippen molar-refractivity contribution in [2.75, 3.05) is 22.9 Å². The molecule has 2 rings (SSSR count). The highest BCUT2D eigenvalue weighted by molar-refractivity contribution is 7.92. The number of methoxy groups -OCH3 is 1. The molecule has 0 aliphatic heterocycles. The Kier molecular flexibility index (Phi) is 5.44. The summed E-state index contributed by atoms with van der Waals surface area (Å²) in [5, 5.41) is 3.21. The molecule has 0 saturated heterocycles. The number of nitrogens with zero attached hydrogens (tertiary/aromatic N) is 1. The van der Waals surface area contributed by atoms with Gasteiger partial charge in [0.1, 0.15) is 11.6 Å². The maximum atomic E-state index is 11.7. The van der Waals surface area contributed by atoms with E-state index in [1.807, 2.05) is 32.0 Å². The standard InChI is InChI=1S/C16H21N3O3S/c1-4-9-23(20,21)19-16-8-6-13(11-17-16)18-14-10-12(2)5-7-15(14)22-3/h5-8,10-11,18H,4,9H2,1-3H3,(H,17,19). The molecule has 0 saturated carbocycles. The lowest BCUT2D eigenvalue weighted by atomic mass is 10.2. The maximum absolute atomic E-state index is 11.7. The van der Waals surface area contributed by atoms with Crippen LogP contribution in [0.3, 0.4) is 0 Å². The molecule has 0 amide bonds. The summed E-state index contributed by atoms with van der Waals surface area (Å²) in [7, 11) is -1.71. The molecule has 6 nitrogen and oxygen atoms in total. The zero-order valence-corrected chi connectivity index (χ0v) is 14.3. The van der Waals surface area contributed by atoms with Crippen LogP contribution in [0.5, 0.6) is 5.75 Å². The second kappa shape index (κ2) is 7.32. The van der Waals surface area contributed by atoms with Crippen LogP contribution >= 0.6 is 0 Å². The smallest absolute Gasteiger partial charge is 0.233 e. The van der Waals surface area contributed by atoms with Crippen molar-refractivity contribution in [2.24, 2.45) is 0 Å². The van der Waals surface area contributed by atoms with Crippen molar-refractivity contribution in [3.05, 3.63) is 42.1 Å². The molecule has 0 bridgehead atoms. The fourth-order valence-electron chi connectivity index (χ4n) is 2.08. The zero-order chi connectivity index (χ0) is 16.9. The Morgan fingerprint density at radius 3 is 2.61 bits per heavy atom. The fraction of sp³-hybridized carbons (Fsp3) is 0.312. The quantitative estimate of drug-likeness (QED) is 0.811. The molecular formula is C16H21N3O3S. The molecule has 0 unspecified atom stereocenters. The SMILES string of the molecule is CCCS(=O)(=O)Nc1ccc(Nc2cc(C)ccc2OC)cn1. The van der Waals surface area contributed by atoms with E-state index in [4.69, 9.17) is 4.74 Å². The molecule has 0 atom stereocenters. The Labute approximate surface area is 137 Å². The number of nitrogens with one attached hydrogen (secondary N) is 2. The monoisotopic (exact) mass is 335 g/mol. The Hall–Kier alpha value is -2.28. The van der Waals surface area contributed by atoms with Crippen molar-refractivity contribution < 1.29 is 13.2 Å². The number of hydrogen-bond acceptors (Lipinski definition) is 5. The van der Waals surface area contributed by atoms with Gasteiger partial charge in [-0.05, 0) is 43.2 Å². The summed E-state index contributed by atoms with van der Waals surface area (Å²) in [6.45, 7) is 3.81. The largest absolute Gasteiger partial charge is 0.495 e. The first-order chi connectivity index (χ1) is 10.9. The number of aromatic nitrogens is 1. The third-order valence-electron chi connectivity index (χ3n) is 3.13. The second-order valence-corrected chi connectivity index (χ2v) is 7.02. The van der Waals surface area contributed by atoms with Crippen LogP contribution in [0, 0.1) is 6.92 Å². The topological polar surface area (TPSA) is 80.3 Å². The number of sulfonamides is 1. The van der Waals surface area contributed by atoms with Crippen LogP contribution in [0.25, 0.3) is 0 Å². The van der Waals surface area contributed by atoms with Crippen molar-refractivity contribution in [1.82, 2.24) is 4.98 Å². The van der Waals surface area contributed by atoms with Crippen molar-refractivity contribution >= 4 is 27.2 Å². The van der Waals surface area contributed by atoms with Crippen molar-refractivity contribution in [3.8, 4) is 5.75 Å². The third kappa shape index (κ3) is 4.85. The summed E-state index contributed by atoms with van der Waals surface area (Å²) in [4.78, 5) is 4.13. The number of pyridine rings is 1. The molecule has 23 heavy (non-hydrogen) atoms. The highest BCUT2D eigenvalue weighted by atomic mass is 32.2. The molecule has 1 aromatic carbocycles. The van der Waals surface area contributed by atoms with Gasteiger partial charge in [0.2, 0.25) is 10.0 Å². The van der Waals surface area contributed by atoms with Crippen LogP contribution in [0.2, 0.25) is 0 Å². The summed E-state index contributed by atoms with van der Waals surface area (Å²) in [6.07, 6.45) is 2.13. The van der Waals surface area contributed by atoms with Gasteiger partial charge in [-0.25, -0.2) is 13.4 Å². The molecule has 124 valence electrons. The van der Waals surface area contributed by atoms with Gasteiger partial charge in [-0.1, -0.05) is 13.0 Å². The molecule has 1 aromatic heterocycles. The predicted octanol–water partition coefficient (Wildman–Crippen LogP) is 3.29. The van der Waals surface area contributed by atoms with Gasteiger partial charge >= 0.3 is 0 Å². The first-order valence-electron chi connectivity index (χ1n) is 7.31. The predicted molar refractivity (Wildman–Crippen MR) is 93.0 cm³/mol. The van der Waals surface area contributed by atoms with Gasteiger partial charge in [-0.15, -0.1) is 0 Å². The number of anilines is 3. The lowest BCUT2D eigenvalue weighted by Gasteiger charge is -2.12. The van der Waals surface area contributed by atoms with E-state index in [1.165, 1.54) is 0 Å².